The molecule has 0 bridgehead atoms. The molecule has 1 heterocycles. The first-order chi connectivity index (χ1) is 14.0. The Balaban J connectivity index is 2.34. The molecule has 0 aliphatic carbocycles. The molecule has 0 fully saturated rings. The Morgan fingerprint density at radius 2 is 1.93 bits per heavy atom. The van der Waals surface area contributed by atoms with Gasteiger partial charge in [0.2, 0.25) is 0 Å². The average Bonchev–Trinajstić information content (AvgIpc) is 2.63. The topological polar surface area (TPSA) is 125 Å². The van der Waals surface area contributed by atoms with Gasteiger partial charge < -0.3 is 24.5 Å². The number of nitrogens with two attached hydrogens (primary N) is 1. The van der Waals surface area contributed by atoms with E-state index in [4.69, 9.17) is 19.6 Å². The van der Waals surface area contributed by atoms with Crippen molar-refractivity contribution in [2.45, 2.75) is 53.1 Å². The molecule has 0 radical (unpaired) electrons. The van der Waals surface area contributed by atoms with Gasteiger partial charge in [-0.1, -0.05) is 6.92 Å². The van der Waals surface area contributed by atoms with Crippen molar-refractivity contribution in [1.29, 1.82) is 0 Å². The number of nitrogens with zero attached hydrogens (tertiary/aromatic N) is 2. The highest BCUT2D eigenvalue weighted by Gasteiger charge is 2.24. The summed E-state index contributed by atoms with van der Waals surface area (Å²) in [5, 5.41) is 0.207. The third-order valence-electron chi connectivity index (χ3n) is 4.32. The lowest BCUT2D eigenvalue weighted by molar-refractivity contribution is 0.0298. The molecule has 0 aliphatic heterocycles. The number of anilines is 1. The summed E-state index contributed by atoms with van der Waals surface area (Å²) in [6.45, 7) is 9.29. The Bertz CT molecular complexity index is 1010. The Morgan fingerprint density at radius 3 is 2.50 bits per heavy atom. The number of benzene rings is 1. The number of aryl methyl sites for hydroxylation is 1. The lowest BCUT2D eigenvalue weighted by Gasteiger charge is -2.24. The van der Waals surface area contributed by atoms with Crippen LogP contribution in [0.5, 0.6) is 6.08 Å². The van der Waals surface area contributed by atoms with E-state index in [1.165, 1.54) is 11.0 Å². The number of nitrogen functional groups attached to an aromatic ring is 1. The smallest absolute Gasteiger partial charge is 0.410 e. The van der Waals surface area contributed by atoms with Gasteiger partial charge in [0.1, 0.15) is 5.60 Å². The van der Waals surface area contributed by atoms with Crippen LogP contribution in [-0.4, -0.2) is 47.6 Å². The van der Waals surface area contributed by atoms with Crippen LogP contribution in [-0.2, 0) is 11.2 Å². The molecule has 30 heavy (non-hydrogen) atoms. The fourth-order valence-electron chi connectivity index (χ4n) is 3.01. The molecular formula is C21H29N3O6. The van der Waals surface area contributed by atoms with Gasteiger partial charge in [-0.3, -0.25) is 4.79 Å². The Morgan fingerprint density at radius 1 is 1.27 bits per heavy atom. The monoisotopic (exact) mass is 419 g/mol. The maximum atomic E-state index is 12.9. The van der Waals surface area contributed by atoms with Crippen LogP contribution in [0.2, 0.25) is 0 Å². The van der Waals surface area contributed by atoms with Crippen molar-refractivity contribution < 1.29 is 23.5 Å². The van der Waals surface area contributed by atoms with Crippen molar-refractivity contribution in [2.24, 2.45) is 0 Å². The number of hydrogen-bond donors (Lipinski definition) is 1. The minimum atomic E-state index is -0.639. The summed E-state index contributed by atoms with van der Waals surface area (Å²) in [6.07, 6.45) is -0.264. The normalized spacial score (nSPS) is 11.4. The molecule has 2 aromatic rings. The second kappa shape index (κ2) is 9.15. The molecule has 0 atom stereocenters. The first-order valence-electron chi connectivity index (χ1n) is 9.84. The minimum Gasteiger partial charge on any atom is -0.450 e. The van der Waals surface area contributed by atoms with E-state index in [1.54, 1.807) is 34.7 Å². The zero-order chi connectivity index (χ0) is 22.6. The molecule has 0 aliphatic rings. The molecule has 0 saturated heterocycles. The van der Waals surface area contributed by atoms with E-state index >= 15 is 0 Å². The summed E-state index contributed by atoms with van der Waals surface area (Å²) in [5.74, 6) is -0.282. The molecule has 1 amide bonds. The van der Waals surface area contributed by atoms with Crippen LogP contribution >= 0.6 is 0 Å². The molecule has 1 aromatic heterocycles. The lowest BCUT2D eigenvalue weighted by Crippen LogP contribution is -2.35. The van der Waals surface area contributed by atoms with Crippen molar-refractivity contribution in [3.8, 4) is 6.08 Å². The van der Waals surface area contributed by atoms with Crippen LogP contribution in [0.15, 0.2) is 15.3 Å². The summed E-state index contributed by atoms with van der Waals surface area (Å²) in [5.41, 5.74) is 6.13. The molecule has 2 rings (SSSR count). The Kier molecular flexibility index (Phi) is 7.07. The highest BCUT2D eigenvalue weighted by molar-refractivity contribution is 6.07. The van der Waals surface area contributed by atoms with Gasteiger partial charge in [0, 0.05) is 31.3 Å². The molecule has 2 N–H and O–H groups in total. The van der Waals surface area contributed by atoms with E-state index in [2.05, 4.69) is 4.98 Å². The molecule has 9 nitrogen and oxygen atoms in total. The maximum absolute atomic E-state index is 12.9. The van der Waals surface area contributed by atoms with Crippen molar-refractivity contribution in [3.05, 3.63) is 27.6 Å². The van der Waals surface area contributed by atoms with Crippen LogP contribution in [0, 0.1) is 0 Å². The van der Waals surface area contributed by atoms with Gasteiger partial charge in [0.15, 0.2) is 5.78 Å². The largest absolute Gasteiger partial charge is 0.450 e. The number of rotatable bonds is 7. The number of Topliss-reactive ketones (excluding diaryl/α,β-unsaturated/α-hetero) is 1. The van der Waals surface area contributed by atoms with Crippen LogP contribution in [0.25, 0.3) is 10.9 Å². The van der Waals surface area contributed by atoms with E-state index in [-0.39, 0.29) is 41.5 Å². The summed E-state index contributed by atoms with van der Waals surface area (Å²) in [4.78, 5) is 43.1. The lowest BCUT2D eigenvalue weighted by atomic mass is 9.94. The van der Waals surface area contributed by atoms with Gasteiger partial charge in [0.25, 0.3) is 0 Å². The van der Waals surface area contributed by atoms with Crippen molar-refractivity contribution in [2.75, 3.05) is 25.9 Å². The van der Waals surface area contributed by atoms with Crippen molar-refractivity contribution in [3.63, 3.8) is 0 Å². The van der Waals surface area contributed by atoms with E-state index < -0.39 is 17.3 Å². The van der Waals surface area contributed by atoms with E-state index in [0.717, 1.165) is 0 Å². The van der Waals surface area contributed by atoms with Crippen molar-refractivity contribution >= 4 is 28.5 Å². The van der Waals surface area contributed by atoms with E-state index in [0.29, 0.717) is 24.1 Å². The third-order valence-corrected chi connectivity index (χ3v) is 4.32. The average molecular weight is 419 g/mol. The predicted molar refractivity (Wildman–Crippen MR) is 113 cm³/mol. The number of carbonyl (C=O) groups excluding carboxylic acids is 2. The molecule has 0 spiro atoms. The SMILES string of the molecule is CCOc1nc2cc(N)c(C(=O)CCN(C)C(=O)OC(C)(C)C)c(CC)c2c(=O)o1. The van der Waals surface area contributed by atoms with Gasteiger partial charge in [-0.15, -0.1) is 0 Å². The number of hydrogen-bond acceptors (Lipinski definition) is 8. The number of ketones is 1. The first kappa shape index (κ1) is 23.2. The van der Waals surface area contributed by atoms with Gasteiger partial charge in [-0.25, -0.2) is 9.59 Å². The fourth-order valence-corrected chi connectivity index (χ4v) is 3.01. The van der Waals surface area contributed by atoms with Gasteiger partial charge in [0.05, 0.1) is 17.5 Å². The summed E-state index contributed by atoms with van der Waals surface area (Å²) in [7, 11) is 1.56. The Hall–Kier alpha value is -3.10. The number of ether oxygens (including phenoxy) is 2. The molecule has 9 heteroatoms. The zero-order valence-corrected chi connectivity index (χ0v) is 18.3. The number of carbonyl (C=O) groups is 2. The van der Waals surface area contributed by atoms with Gasteiger partial charge in [-0.2, -0.15) is 4.98 Å². The number of fused-ring (bicyclic) bond motifs is 1. The predicted octanol–water partition coefficient (Wildman–Crippen LogP) is 3.17. The fraction of sp³-hybridized carbons (Fsp3) is 0.524. The molecule has 164 valence electrons. The standard InChI is InChI=1S/C21H29N3O6/c1-7-12-16(15(25)9-10-24(6)20(27)30-21(3,4)5)13(22)11-14-17(12)18(26)29-19(23-14)28-8-2/h11H,7-10,22H2,1-6H3. The highest BCUT2D eigenvalue weighted by Crippen LogP contribution is 2.28. The van der Waals surface area contributed by atoms with Crippen LogP contribution < -0.4 is 16.1 Å². The molecule has 0 saturated carbocycles. The van der Waals surface area contributed by atoms with Gasteiger partial charge in [-0.05, 0) is 45.7 Å². The second-order valence-corrected chi connectivity index (χ2v) is 7.84. The third kappa shape index (κ3) is 5.28. The zero-order valence-electron chi connectivity index (χ0n) is 18.3. The first-order valence-corrected chi connectivity index (χ1v) is 9.84. The summed E-state index contributed by atoms with van der Waals surface area (Å²) in [6, 6.07) is 1.47. The molecular weight excluding hydrogens is 390 g/mol. The maximum Gasteiger partial charge on any atom is 0.410 e. The number of aromatic nitrogens is 1. The van der Waals surface area contributed by atoms with Crippen LogP contribution in [0.3, 0.4) is 0 Å². The quantitative estimate of drug-likeness (QED) is 0.536. The van der Waals surface area contributed by atoms with Crippen molar-refractivity contribution in [1.82, 2.24) is 9.88 Å². The van der Waals surface area contributed by atoms with Crippen LogP contribution in [0.1, 0.15) is 57.0 Å². The van der Waals surface area contributed by atoms with Gasteiger partial charge >= 0.3 is 17.8 Å². The highest BCUT2D eigenvalue weighted by atomic mass is 16.6. The summed E-state index contributed by atoms with van der Waals surface area (Å²) >= 11 is 0. The van der Waals surface area contributed by atoms with E-state index in [9.17, 15) is 14.4 Å². The molecule has 0 unspecified atom stereocenters. The Labute approximate surface area is 175 Å². The second-order valence-electron chi connectivity index (χ2n) is 7.84. The van der Waals surface area contributed by atoms with Crippen LogP contribution in [0.4, 0.5) is 10.5 Å². The molecule has 1 aromatic carbocycles. The van der Waals surface area contributed by atoms with E-state index in [1.807, 2.05) is 6.92 Å². The summed E-state index contributed by atoms with van der Waals surface area (Å²) < 4.78 is 15.6. The number of amides is 1. The minimum absolute atomic E-state index is 0.0221.